The minimum absolute atomic E-state index is 0.0493. The van der Waals surface area contributed by atoms with Crippen LogP contribution in [0.1, 0.15) is 32.3 Å². The Kier molecular flexibility index (Phi) is 4.98. The number of aliphatic imine (C=N–C) groups is 1. The summed E-state index contributed by atoms with van der Waals surface area (Å²) in [6.07, 6.45) is 2.63. The predicted octanol–water partition coefficient (Wildman–Crippen LogP) is 2.88. The van der Waals surface area contributed by atoms with Crippen molar-refractivity contribution in [3.63, 3.8) is 0 Å². The van der Waals surface area contributed by atoms with Crippen LogP contribution in [-0.4, -0.2) is 30.1 Å². The standard InChI is InChI=1S/C18H22N2O3/c1-18(2)9-15(21)14(16(22)10-18)11-20-13-6-4-12(5-7-13)8-17(23)19-3/h4-7,11,21H,8-10H2,1-3H3,(H,19,23). The molecule has 23 heavy (non-hydrogen) atoms. The molecule has 0 aliphatic heterocycles. The highest BCUT2D eigenvalue weighted by molar-refractivity contribution is 6.14. The van der Waals surface area contributed by atoms with Gasteiger partial charge in [0.25, 0.3) is 0 Å². The van der Waals surface area contributed by atoms with Gasteiger partial charge in [0.2, 0.25) is 5.91 Å². The molecular formula is C18H22N2O3. The molecule has 2 rings (SSSR count). The van der Waals surface area contributed by atoms with Crippen molar-refractivity contribution < 1.29 is 14.7 Å². The largest absolute Gasteiger partial charge is 0.511 e. The molecule has 1 amide bonds. The molecular weight excluding hydrogens is 292 g/mol. The fourth-order valence-corrected chi connectivity index (χ4v) is 2.56. The van der Waals surface area contributed by atoms with Gasteiger partial charge >= 0.3 is 0 Å². The van der Waals surface area contributed by atoms with Crippen LogP contribution in [0.15, 0.2) is 40.6 Å². The summed E-state index contributed by atoms with van der Waals surface area (Å²) < 4.78 is 0. The van der Waals surface area contributed by atoms with Crippen LogP contribution < -0.4 is 5.32 Å². The van der Waals surface area contributed by atoms with Crippen molar-refractivity contribution >= 4 is 23.6 Å². The Morgan fingerprint density at radius 1 is 1.30 bits per heavy atom. The monoisotopic (exact) mass is 314 g/mol. The summed E-state index contributed by atoms with van der Waals surface area (Å²) in [4.78, 5) is 27.7. The second kappa shape index (κ2) is 6.77. The smallest absolute Gasteiger partial charge is 0.224 e. The molecule has 0 saturated heterocycles. The summed E-state index contributed by atoms with van der Waals surface area (Å²) in [5, 5.41) is 12.6. The SMILES string of the molecule is CNC(=O)Cc1ccc(N=CC2=C(O)CC(C)(C)CC2=O)cc1. The van der Waals surface area contributed by atoms with Crippen molar-refractivity contribution in [2.24, 2.45) is 10.4 Å². The Morgan fingerprint density at radius 2 is 1.96 bits per heavy atom. The molecule has 0 fully saturated rings. The lowest BCUT2D eigenvalue weighted by Crippen LogP contribution is -2.26. The number of Topliss-reactive ketones (excluding diaryl/α,β-unsaturated/α-hetero) is 1. The van der Waals surface area contributed by atoms with Crippen molar-refractivity contribution in [2.45, 2.75) is 33.1 Å². The number of aliphatic hydroxyl groups excluding tert-OH is 1. The first-order valence-electron chi connectivity index (χ1n) is 7.60. The van der Waals surface area contributed by atoms with Gasteiger partial charge in [-0.05, 0) is 23.1 Å². The average molecular weight is 314 g/mol. The summed E-state index contributed by atoms with van der Waals surface area (Å²) in [6.45, 7) is 3.92. The van der Waals surface area contributed by atoms with Crippen LogP contribution in [0.4, 0.5) is 5.69 Å². The highest BCUT2D eigenvalue weighted by Crippen LogP contribution is 2.35. The van der Waals surface area contributed by atoms with Crippen LogP contribution in [0, 0.1) is 5.41 Å². The van der Waals surface area contributed by atoms with Gasteiger partial charge in [-0.25, -0.2) is 0 Å². The van der Waals surface area contributed by atoms with Crippen LogP contribution in [-0.2, 0) is 16.0 Å². The summed E-state index contributed by atoms with van der Waals surface area (Å²) in [7, 11) is 1.60. The molecule has 1 aliphatic rings. The van der Waals surface area contributed by atoms with Gasteiger partial charge in [-0.3, -0.25) is 14.6 Å². The van der Waals surface area contributed by atoms with E-state index in [0.29, 0.717) is 30.5 Å². The van der Waals surface area contributed by atoms with E-state index in [1.165, 1.54) is 6.21 Å². The van der Waals surface area contributed by atoms with E-state index in [4.69, 9.17) is 0 Å². The number of likely N-dealkylation sites (N-methyl/N-ethyl adjacent to an activating group) is 1. The first-order valence-corrected chi connectivity index (χ1v) is 7.60. The Labute approximate surface area is 136 Å². The van der Waals surface area contributed by atoms with Crippen LogP contribution in [0.5, 0.6) is 0 Å². The molecule has 1 aromatic rings. The summed E-state index contributed by atoms with van der Waals surface area (Å²) in [5.74, 6) is -0.0308. The molecule has 1 aliphatic carbocycles. The summed E-state index contributed by atoms with van der Waals surface area (Å²) in [5.41, 5.74) is 1.64. The maximum atomic E-state index is 12.1. The molecule has 5 heteroatoms. The van der Waals surface area contributed by atoms with E-state index >= 15 is 0 Å². The zero-order valence-electron chi connectivity index (χ0n) is 13.7. The number of aliphatic hydroxyl groups is 1. The lowest BCUT2D eigenvalue weighted by Gasteiger charge is -2.28. The normalized spacial score (nSPS) is 17.6. The molecule has 0 unspecified atom stereocenters. The maximum absolute atomic E-state index is 12.1. The molecule has 0 spiro atoms. The number of nitrogens with zero attached hydrogens (tertiary/aromatic N) is 1. The van der Waals surface area contributed by atoms with Gasteiger partial charge < -0.3 is 10.4 Å². The quantitative estimate of drug-likeness (QED) is 0.839. The first kappa shape index (κ1) is 16.9. The van der Waals surface area contributed by atoms with E-state index in [0.717, 1.165) is 5.56 Å². The number of benzene rings is 1. The topological polar surface area (TPSA) is 78.8 Å². The number of hydrogen-bond acceptors (Lipinski definition) is 4. The lowest BCUT2D eigenvalue weighted by molar-refractivity contribution is -0.120. The molecule has 5 nitrogen and oxygen atoms in total. The molecule has 0 bridgehead atoms. The minimum atomic E-state index is -0.208. The van der Waals surface area contributed by atoms with Crippen molar-refractivity contribution in [2.75, 3.05) is 7.05 Å². The third-order valence-electron chi connectivity index (χ3n) is 3.82. The van der Waals surface area contributed by atoms with Crippen LogP contribution >= 0.6 is 0 Å². The van der Waals surface area contributed by atoms with Gasteiger partial charge in [0.1, 0.15) is 5.76 Å². The number of hydrogen-bond donors (Lipinski definition) is 2. The van der Waals surface area contributed by atoms with Crippen LogP contribution in [0.3, 0.4) is 0 Å². The Bertz CT molecular complexity index is 670. The predicted molar refractivity (Wildman–Crippen MR) is 90.0 cm³/mol. The number of carbonyl (C=O) groups is 2. The number of carbonyl (C=O) groups excluding carboxylic acids is 2. The molecule has 122 valence electrons. The number of allylic oxidation sites excluding steroid dienone is 2. The lowest BCUT2D eigenvalue weighted by atomic mass is 9.77. The fourth-order valence-electron chi connectivity index (χ4n) is 2.56. The number of rotatable bonds is 4. The third-order valence-corrected chi connectivity index (χ3v) is 3.82. The second-order valence-corrected chi connectivity index (χ2v) is 6.58. The highest BCUT2D eigenvalue weighted by Gasteiger charge is 2.32. The van der Waals surface area contributed by atoms with E-state index in [-0.39, 0.29) is 22.9 Å². The van der Waals surface area contributed by atoms with E-state index in [1.54, 1.807) is 19.2 Å². The Balaban J connectivity index is 2.11. The molecule has 0 aromatic heterocycles. The molecule has 0 atom stereocenters. The van der Waals surface area contributed by atoms with Crippen molar-refractivity contribution in [1.29, 1.82) is 0 Å². The molecule has 0 saturated carbocycles. The van der Waals surface area contributed by atoms with Crippen LogP contribution in [0.2, 0.25) is 0 Å². The van der Waals surface area contributed by atoms with E-state index in [1.807, 2.05) is 26.0 Å². The highest BCUT2D eigenvalue weighted by atomic mass is 16.3. The summed E-state index contributed by atoms with van der Waals surface area (Å²) in [6, 6.07) is 7.21. The molecule has 0 radical (unpaired) electrons. The summed E-state index contributed by atoms with van der Waals surface area (Å²) >= 11 is 0. The van der Waals surface area contributed by atoms with Crippen LogP contribution in [0.25, 0.3) is 0 Å². The Hall–Kier alpha value is -2.43. The Morgan fingerprint density at radius 3 is 2.52 bits per heavy atom. The van der Waals surface area contributed by atoms with E-state index in [9.17, 15) is 14.7 Å². The first-order chi connectivity index (χ1) is 10.8. The van der Waals surface area contributed by atoms with Gasteiger partial charge in [-0.15, -0.1) is 0 Å². The van der Waals surface area contributed by atoms with Gasteiger partial charge in [-0.2, -0.15) is 0 Å². The zero-order chi connectivity index (χ0) is 17.0. The number of nitrogens with one attached hydrogen (secondary N) is 1. The molecule has 1 aromatic carbocycles. The zero-order valence-corrected chi connectivity index (χ0v) is 13.7. The maximum Gasteiger partial charge on any atom is 0.224 e. The molecule has 2 N–H and O–H groups in total. The van der Waals surface area contributed by atoms with Gasteiger partial charge in [0.05, 0.1) is 17.7 Å². The second-order valence-electron chi connectivity index (χ2n) is 6.58. The van der Waals surface area contributed by atoms with Gasteiger partial charge in [0, 0.05) is 26.1 Å². The van der Waals surface area contributed by atoms with E-state index < -0.39 is 0 Å². The number of ketones is 1. The average Bonchev–Trinajstić information content (AvgIpc) is 2.46. The molecule has 0 heterocycles. The van der Waals surface area contributed by atoms with Crippen molar-refractivity contribution in [3.8, 4) is 0 Å². The van der Waals surface area contributed by atoms with Crippen molar-refractivity contribution in [1.82, 2.24) is 5.32 Å². The number of amides is 1. The van der Waals surface area contributed by atoms with Crippen molar-refractivity contribution in [3.05, 3.63) is 41.2 Å². The van der Waals surface area contributed by atoms with E-state index in [2.05, 4.69) is 10.3 Å². The van der Waals surface area contributed by atoms with Gasteiger partial charge in [-0.1, -0.05) is 26.0 Å². The fraction of sp³-hybridized carbons (Fsp3) is 0.389. The third kappa shape index (κ3) is 4.52. The van der Waals surface area contributed by atoms with Gasteiger partial charge in [0.15, 0.2) is 5.78 Å². The minimum Gasteiger partial charge on any atom is -0.511 e.